The molecule has 0 unspecified atom stereocenters. The molecule has 4 rings (SSSR count). The summed E-state index contributed by atoms with van der Waals surface area (Å²) in [5.41, 5.74) is 3.63. The number of hydrogen-bond donors (Lipinski definition) is 2. The number of amides is 2. The minimum atomic E-state index is -0.333. The van der Waals surface area contributed by atoms with E-state index in [2.05, 4.69) is 28.5 Å². The second kappa shape index (κ2) is 10.4. The highest BCUT2D eigenvalue weighted by Crippen LogP contribution is 2.22. The predicted molar refractivity (Wildman–Crippen MR) is 132 cm³/mol. The summed E-state index contributed by atoms with van der Waals surface area (Å²) in [4.78, 5) is 14.5. The van der Waals surface area contributed by atoms with E-state index in [1.807, 2.05) is 73.9 Å². The third kappa shape index (κ3) is 6.40. The standard InChI is InChI=1S/C27H27N3O3/c1-20-6-3-4-7-21(20)19-32-26-9-5-8-23(18-26)29-27(31)28-22-10-12-24(13-11-22)33-25-14-16-30(2)17-15-25/h3-16,18H,17,19H2,1-2H3,(H2,28,29,31). The van der Waals surface area contributed by atoms with Gasteiger partial charge in [-0.1, -0.05) is 30.3 Å². The topological polar surface area (TPSA) is 62.8 Å². The molecule has 0 fully saturated rings. The molecule has 3 aromatic rings. The molecule has 6 heteroatoms. The molecule has 2 N–H and O–H groups in total. The molecule has 2 amide bonds. The number of hydrogen-bond acceptors (Lipinski definition) is 4. The molecule has 6 nitrogen and oxygen atoms in total. The second-order valence-electron chi connectivity index (χ2n) is 7.81. The number of likely N-dealkylation sites (N-methyl/N-ethyl adjacent to an activating group) is 1. The molecule has 0 saturated heterocycles. The van der Waals surface area contributed by atoms with Crippen molar-refractivity contribution in [3.63, 3.8) is 0 Å². The summed E-state index contributed by atoms with van der Waals surface area (Å²) < 4.78 is 11.7. The van der Waals surface area contributed by atoms with E-state index >= 15 is 0 Å². The predicted octanol–water partition coefficient (Wildman–Crippen LogP) is 5.94. The number of benzene rings is 3. The molecule has 168 valence electrons. The minimum absolute atomic E-state index is 0.333. The lowest BCUT2D eigenvalue weighted by Gasteiger charge is -2.17. The molecule has 0 aromatic heterocycles. The number of rotatable bonds is 7. The van der Waals surface area contributed by atoms with Gasteiger partial charge in [0.05, 0.1) is 0 Å². The van der Waals surface area contributed by atoms with Crippen LogP contribution in [0.4, 0.5) is 16.2 Å². The molecule has 1 aliphatic heterocycles. The van der Waals surface area contributed by atoms with Crippen LogP contribution < -0.4 is 20.1 Å². The van der Waals surface area contributed by atoms with Crippen LogP contribution in [0.15, 0.2) is 96.9 Å². The minimum Gasteiger partial charge on any atom is -0.489 e. The highest BCUT2D eigenvalue weighted by Gasteiger charge is 2.07. The van der Waals surface area contributed by atoms with Crippen molar-refractivity contribution in [2.75, 3.05) is 24.2 Å². The highest BCUT2D eigenvalue weighted by molar-refractivity contribution is 5.99. The number of urea groups is 1. The van der Waals surface area contributed by atoms with Crippen molar-refractivity contribution in [3.8, 4) is 11.5 Å². The van der Waals surface area contributed by atoms with Crippen molar-refractivity contribution in [2.45, 2.75) is 13.5 Å². The average Bonchev–Trinajstić information content (AvgIpc) is 2.81. The van der Waals surface area contributed by atoms with Crippen molar-refractivity contribution in [2.24, 2.45) is 0 Å². The Morgan fingerprint density at radius 1 is 0.939 bits per heavy atom. The zero-order valence-electron chi connectivity index (χ0n) is 18.7. The molecular formula is C27H27N3O3. The van der Waals surface area contributed by atoms with Gasteiger partial charge in [-0.25, -0.2) is 4.79 Å². The lowest BCUT2D eigenvalue weighted by atomic mass is 10.1. The smallest absolute Gasteiger partial charge is 0.323 e. The first-order chi connectivity index (χ1) is 16.0. The number of carbonyl (C=O) groups is 1. The van der Waals surface area contributed by atoms with E-state index in [0.717, 1.165) is 17.9 Å². The number of allylic oxidation sites excluding steroid dienone is 1. The Bertz CT molecular complexity index is 1170. The molecule has 0 radical (unpaired) electrons. The third-order valence-corrected chi connectivity index (χ3v) is 5.17. The maximum atomic E-state index is 12.4. The van der Waals surface area contributed by atoms with Crippen molar-refractivity contribution in [1.29, 1.82) is 0 Å². The summed E-state index contributed by atoms with van der Waals surface area (Å²) in [6.45, 7) is 3.34. The zero-order chi connectivity index (χ0) is 23.0. The molecule has 0 saturated carbocycles. The zero-order valence-corrected chi connectivity index (χ0v) is 18.7. The van der Waals surface area contributed by atoms with Crippen LogP contribution in [0.1, 0.15) is 11.1 Å². The van der Waals surface area contributed by atoms with E-state index in [9.17, 15) is 4.79 Å². The second-order valence-corrected chi connectivity index (χ2v) is 7.81. The van der Waals surface area contributed by atoms with E-state index in [1.165, 1.54) is 5.56 Å². The summed E-state index contributed by atoms with van der Waals surface area (Å²) in [5, 5.41) is 5.67. The first kappa shape index (κ1) is 22.0. The molecule has 0 atom stereocenters. The van der Waals surface area contributed by atoms with Crippen LogP contribution in [-0.4, -0.2) is 24.5 Å². The van der Waals surface area contributed by atoms with Gasteiger partial charge < -0.3 is 25.0 Å². The lowest BCUT2D eigenvalue weighted by molar-refractivity contribution is 0.262. The monoisotopic (exact) mass is 441 g/mol. The van der Waals surface area contributed by atoms with E-state index < -0.39 is 0 Å². The SMILES string of the molecule is Cc1ccccc1COc1cccc(NC(=O)Nc2ccc(OC3=CCN(C)C=C3)cc2)c1. The highest BCUT2D eigenvalue weighted by atomic mass is 16.5. The van der Waals surface area contributed by atoms with Crippen molar-refractivity contribution >= 4 is 17.4 Å². The van der Waals surface area contributed by atoms with Crippen LogP contribution in [-0.2, 0) is 6.61 Å². The number of aryl methyl sites for hydroxylation is 1. The fourth-order valence-electron chi connectivity index (χ4n) is 3.27. The maximum absolute atomic E-state index is 12.4. The van der Waals surface area contributed by atoms with Gasteiger partial charge >= 0.3 is 6.03 Å². The lowest BCUT2D eigenvalue weighted by Crippen LogP contribution is -2.19. The number of nitrogens with zero attached hydrogens (tertiary/aromatic N) is 1. The molecule has 0 aliphatic carbocycles. The van der Waals surface area contributed by atoms with Crippen LogP contribution in [0.3, 0.4) is 0 Å². The summed E-state index contributed by atoms with van der Waals surface area (Å²) in [7, 11) is 2.00. The number of nitrogens with one attached hydrogen (secondary N) is 2. The van der Waals surface area contributed by atoms with Crippen LogP contribution in [0.25, 0.3) is 0 Å². The Morgan fingerprint density at radius 2 is 1.73 bits per heavy atom. The third-order valence-electron chi connectivity index (χ3n) is 5.17. The van der Waals surface area contributed by atoms with E-state index in [0.29, 0.717) is 29.5 Å². The van der Waals surface area contributed by atoms with Gasteiger partial charge in [0, 0.05) is 37.2 Å². The Kier molecular flexibility index (Phi) is 6.95. The Morgan fingerprint density at radius 3 is 2.48 bits per heavy atom. The molecule has 0 bridgehead atoms. The Labute approximate surface area is 194 Å². The molecule has 0 spiro atoms. The molecule has 1 aliphatic rings. The number of anilines is 2. The largest absolute Gasteiger partial charge is 0.489 e. The summed E-state index contributed by atoms with van der Waals surface area (Å²) in [5.74, 6) is 2.20. The molecular weight excluding hydrogens is 414 g/mol. The van der Waals surface area contributed by atoms with E-state index in [-0.39, 0.29) is 6.03 Å². The first-order valence-electron chi connectivity index (χ1n) is 10.8. The van der Waals surface area contributed by atoms with Crippen LogP contribution in [0, 0.1) is 6.92 Å². The van der Waals surface area contributed by atoms with Gasteiger partial charge in [0.2, 0.25) is 0 Å². The van der Waals surface area contributed by atoms with Gasteiger partial charge in [-0.15, -0.1) is 0 Å². The van der Waals surface area contributed by atoms with Crippen LogP contribution in [0.5, 0.6) is 11.5 Å². The molecule has 1 heterocycles. The average molecular weight is 442 g/mol. The first-order valence-corrected chi connectivity index (χ1v) is 10.8. The fraction of sp³-hybridized carbons (Fsp3) is 0.148. The maximum Gasteiger partial charge on any atom is 0.323 e. The summed E-state index contributed by atoms with van der Waals surface area (Å²) in [6, 6.07) is 22.4. The number of carbonyl (C=O) groups excluding carboxylic acids is 1. The molecule has 3 aromatic carbocycles. The fourth-order valence-corrected chi connectivity index (χ4v) is 3.27. The van der Waals surface area contributed by atoms with Gasteiger partial charge in [0.25, 0.3) is 0 Å². The van der Waals surface area contributed by atoms with E-state index in [1.54, 1.807) is 18.2 Å². The quantitative estimate of drug-likeness (QED) is 0.476. The molecule has 33 heavy (non-hydrogen) atoms. The van der Waals surface area contributed by atoms with Crippen molar-refractivity contribution in [3.05, 3.63) is 108 Å². The Balaban J connectivity index is 1.29. The van der Waals surface area contributed by atoms with Crippen LogP contribution >= 0.6 is 0 Å². The summed E-state index contributed by atoms with van der Waals surface area (Å²) in [6.07, 6.45) is 5.90. The number of ether oxygens (including phenoxy) is 2. The van der Waals surface area contributed by atoms with Crippen molar-refractivity contribution in [1.82, 2.24) is 4.90 Å². The van der Waals surface area contributed by atoms with Gasteiger partial charge in [0.1, 0.15) is 23.9 Å². The van der Waals surface area contributed by atoms with Gasteiger partial charge in [-0.3, -0.25) is 0 Å². The normalized spacial score (nSPS) is 12.7. The van der Waals surface area contributed by atoms with Gasteiger partial charge in [0.15, 0.2) is 0 Å². The van der Waals surface area contributed by atoms with E-state index in [4.69, 9.17) is 9.47 Å². The van der Waals surface area contributed by atoms with Gasteiger partial charge in [-0.2, -0.15) is 0 Å². The van der Waals surface area contributed by atoms with Crippen molar-refractivity contribution < 1.29 is 14.3 Å². The van der Waals surface area contributed by atoms with Gasteiger partial charge in [-0.05, 0) is 66.6 Å². The van der Waals surface area contributed by atoms with Crippen LogP contribution in [0.2, 0.25) is 0 Å². The summed E-state index contributed by atoms with van der Waals surface area (Å²) >= 11 is 0. The Hall–Kier alpha value is -4.19.